The molecule has 0 spiro atoms. The lowest BCUT2D eigenvalue weighted by Crippen LogP contribution is -1.97. The van der Waals surface area contributed by atoms with Crippen molar-refractivity contribution in [3.8, 4) is 11.5 Å². The molecular weight excluding hydrogens is 240 g/mol. The summed E-state index contributed by atoms with van der Waals surface area (Å²) in [5.74, 6) is 0.779. The maximum absolute atomic E-state index is 9.30. The van der Waals surface area contributed by atoms with Gasteiger partial charge in [0.1, 0.15) is 23.3 Å². The van der Waals surface area contributed by atoms with E-state index in [9.17, 15) is 5.11 Å². The van der Waals surface area contributed by atoms with Gasteiger partial charge in [-0.25, -0.2) is 0 Å². The van der Waals surface area contributed by atoms with Crippen LogP contribution >= 0.6 is 11.6 Å². The van der Waals surface area contributed by atoms with Gasteiger partial charge in [0, 0.05) is 18.7 Å². The lowest BCUT2D eigenvalue weighted by atomic mass is 10.3. The summed E-state index contributed by atoms with van der Waals surface area (Å²) in [5, 5.41) is 14.1. The molecular formula is C12H13ClN2O2. The molecule has 90 valence electrons. The van der Waals surface area contributed by atoms with Crippen molar-refractivity contribution < 1.29 is 9.84 Å². The van der Waals surface area contributed by atoms with Crippen LogP contribution in [0.5, 0.6) is 11.5 Å². The molecule has 1 heterocycles. The highest BCUT2D eigenvalue weighted by atomic mass is 35.5. The third-order valence-electron chi connectivity index (χ3n) is 2.47. The van der Waals surface area contributed by atoms with E-state index in [2.05, 4.69) is 5.10 Å². The average Bonchev–Trinajstić information content (AvgIpc) is 2.51. The first kappa shape index (κ1) is 11.8. The Labute approximate surface area is 104 Å². The Balaban J connectivity index is 2.12. The monoisotopic (exact) mass is 252 g/mol. The molecule has 0 bridgehead atoms. The van der Waals surface area contributed by atoms with Gasteiger partial charge in [-0.2, -0.15) is 5.10 Å². The molecule has 4 nitrogen and oxygen atoms in total. The molecule has 0 aliphatic rings. The minimum atomic E-state index is 0.177. The fraction of sp³-hybridized carbons (Fsp3) is 0.250. The number of aromatic hydroxyl groups is 1. The number of ether oxygens (including phenoxy) is 1. The first-order valence-electron chi connectivity index (χ1n) is 5.17. The Bertz CT molecular complexity index is 537. The zero-order chi connectivity index (χ0) is 12.4. The van der Waals surface area contributed by atoms with Gasteiger partial charge in [-0.1, -0.05) is 17.7 Å². The van der Waals surface area contributed by atoms with Crippen molar-refractivity contribution in [3.63, 3.8) is 0 Å². The van der Waals surface area contributed by atoms with Gasteiger partial charge in [0.2, 0.25) is 0 Å². The fourth-order valence-electron chi connectivity index (χ4n) is 1.57. The molecule has 0 amide bonds. The minimum Gasteiger partial charge on any atom is -0.508 e. The number of halogens is 1. The summed E-state index contributed by atoms with van der Waals surface area (Å²) in [6.45, 7) is 2.22. The van der Waals surface area contributed by atoms with Crippen LogP contribution in [0.4, 0.5) is 0 Å². The van der Waals surface area contributed by atoms with Gasteiger partial charge in [-0.05, 0) is 19.1 Å². The number of phenols is 1. The van der Waals surface area contributed by atoms with Crippen LogP contribution in [0.3, 0.4) is 0 Å². The second-order valence-corrected chi connectivity index (χ2v) is 4.12. The highest BCUT2D eigenvalue weighted by Crippen LogP contribution is 2.23. The molecule has 0 aliphatic heterocycles. The van der Waals surface area contributed by atoms with Gasteiger partial charge in [0.05, 0.1) is 5.69 Å². The van der Waals surface area contributed by atoms with Crippen molar-refractivity contribution in [1.82, 2.24) is 9.78 Å². The lowest BCUT2D eigenvalue weighted by molar-refractivity contribution is 0.303. The Morgan fingerprint density at radius 1 is 1.47 bits per heavy atom. The first-order valence-corrected chi connectivity index (χ1v) is 5.55. The van der Waals surface area contributed by atoms with Crippen molar-refractivity contribution in [2.45, 2.75) is 13.5 Å². The second kappa shape index (κ2) is 4.67. The van der Waals surface area contributed by atoms with E-state index in [0.29, 0.717) is 17.5 Å². The Kier molecular flexibility index (Phi) is 3.24. The standard InChI is InChI=1S/C12H13ClN2O2/c1-8-11(12(13)15(2)14-8)7-17-10-5-3-4-9(16)6-10/h3-6,16H,7H2,1-2H3. The van der Waals surface area contributed by atoms with Crippen LogP contribution in [0.15, 0.2) is 24.3 Å². The highest BCUT2D eigenvalue weighted by molar-refractivity contribution is 6.30. The minimum absolute atomic E-state index is 0.177. The van der Waals surface area contributed by atoms with Crippen LogP contribution in [-0.4, -0.2) is 14.9 Å². The molecule has 17 heavy (non-hydrogen) atoms. The van der Waals surface area contributed by atoms with Gasteiger partial charge in [-0.15, -0.1) is 0 Å². The van der Waals surface area contributed by atoms with Gasteiger partial charge in [0.15, 0.2) is 0 Å². The van der Waals surface area contributed by atoms with E-state index in [-0.39, 0.29) is 5.75 Å². The third-order valence-corrected chi connectivity index (χ3v) is 2.94. The predicted molar refractivity (Wildman–Crippen MR) is 65.4 cm³/mol. The molecule has 5 heteroatoms. The first-order chi connectivity index (χ1) is 8.08. The predicted octanol–water partition coefficient (Wildman–Crippen LogP) is 2.67. The number of nitrogens with zero attached hydrogens (tertiary/aromatic N) is 2. The Morgan fingerprint density at radius 2 is 2.24 bits per heavy atom. The molecule has 0 fully saturated rings. The summed E-state index contributed by atoms with van der Waals surface area (Å²) in [6, 6.07) is 6.65. The number of hydrogen-bond acceptors (Lipinski definition) is 3. The van der Waals surface area contributed by atoms with Gasteiger partial charge in [0.25, 0.3) is 0 Å². The summed E-state index contributed by atoms with van der Waals surface area (Å²) >= 11 is 6.08. The van der Waals surface area contributed by atoms with Crippen molar-refractivity contribution in [2.75, 3.05) is 0 Å². The molecule has 1 N–H and O–H groups in total. The van der Waals surface area contributed by atoms with Crippen molar-refractivity contribution >= 4 is 11.6 Å². The molecule has 1 aromatic carbocycles. The van der Waals surface area contributed by atoms with E-state index < -0.39 is 0 Å². The number of aromatic nitrogens is 2. The molecule has 2 aromatic rings. The average molecular weight is 253 g/mol. The van der Waals surface area contributed by atoms with Crippen LogP contribution < -0.4 is 4.74 Å². The summed E-state index contributed by atoms with van der Waals surface area (Å²) < 4.78 is 7.16. The number of benzene rings is 1. The zero-order valence-electron chi connectivity index (χ0n) is 9.64. The largest absolute Gasteiger partial charge is 0.508 e. The van der Waals surface area contributed by atoms with E-state index in [1.54, 1.807) is 36.0 Å². The molecule has 0 saturated carbocycles. The van der Waals surface area contributed by atoms with Crippen molar-refractivity contribution in [2.24, 2.45) is 7.05 Å². The summed E-state index contributed by atoms with van der Waals surface area (Å²) in [7, 11) is 1.78. The van der Waals surface area contributed by atoms with Crippen LogP contribution in [0.1, 0.15) is 11.3 Å². The number of aryl methyl sites for hydroxylation is 2. The normalized spacial score (nSPS) is 10.5. The summed E-state index contributed by atoms with van der Waals surface area (Å²) in [5.41, 5.74) is 1.70. The molecule has 0 saturated heterocycles. The van der Waals surface area contributed by atoms with E-state index >= 15 is 0 Å². The van der Waals surface area contributed by atoms with Crippen LogP contribution in [0.25, 0.3) is 0 Å². The molecule has 0 atom stereocenters. The van der Waals surface area contributed by atoms with Crippen LogP contribution in [0, 0.1) is 6.92 Å². The molecule has 2 rings (SSSR count). The van der Waals surface area contributed by atoms with Gasteiger partial charge < -0.3 is 9.84 Å². The summed E-state index contributed by atoms with van der Waals surface area (Å²) in [4.78, 5) is 0. The van der Waals surface area contributed by atoms with E-state index in [1.807, 2.05) is 6.92 Å². The van der Waals surface area contributed by atoms with Crippen LogP contribution in [-0.2, 0) is 13.7 Å². The number of rotatable bonds is 3. The van der Waals surface area contributed by atoms with E-state index in [4.69, 9.17) is 16.3 Å². The van der Waals surface area contributed by atoms with E-state index in [0.717, 1.165) is 11.3 Å². The van der Waals surface area contributed by atoms with E-state index in [1.165, 1.54) is 0 Å². The molecule has 0 radical (unpaired) electrons. The second-order valence-electron chi connectivity index (χ2n) is 3.76. The van der Waals surface area contributed by atoms with Crippen LogP contribution in [0.2, 0.25) is 5.15 Å². The van der Waals surface area contributed by atoms with Gasteiger partial charge >= 0.3 is 0 Å². The lowest BCUT2D eigenvalue weighted by Gasteiger charge is -2.06. The van der Waals surface area contributed by atoms with Crippen molar-refractivity contribution in [1.29, 1.82) is 0 Å². The summed E-state index contributed by atoms with van der Waals surface area (Å²) in [6.07, 6.45) is 0. The molecule has 1 aromatic heterocycles. The third kappa shape index (κ3) is 2.53. The van der Waals surface area contributed by atoms with Crippen molar-refractivity contribution in [3.05, 3.63) is 40.7 Å². The molecule has 0 aliphatic carbocycles. The zero-order valence-corrected chi connectivity index (χ0v) is 10.4. The number of phenolic OH excluding ortho intramolecular Hbond substituents is 1. The Morgan fingerprint density at radius 3 is 2.82 bits per heavy atom. The smallest absolute Gasteiger partial charge is 0.133 e. The van der Waals surface area contributed by atoms with Gasteiger partial charge in [-0.3, -0.25) is 4.68 Å². The molecule has 0 unspecified atom stereocenters. The highest BCUT2D eigenvalue weighted by Gasteiger charge is 2.11. The number of hydrogen-bond donors (Lipinski definition) is 1. The quantitative estimate of drug-likeness (QED) is 0.914. The SMILES string of the molecule is Cc1nn(C)c(Cl)c1COc1cccc(O)c1. The fourth-order valence-corrected chi connectivity index (χ4v) is 1.80. The maximum Gasteiger partial charge on any atom is 0.133 e. The maximum atomic E-state index is 9.30. The Hall–Kier alpha value is -1.68. The topological polar surface area (TPSA) is 47.3 Å².